The van der Waals surface area contributed by atoms with Gasteiger partial charge in [-0.3, -0.25) is 0 Å². The molecule has 0 bridgehead atoms. The summed E-state index contributed by atoms with van der Waals surface area (Å²) in [5.41, 5.74) is 0.794. The van der Waals surface area contributed by atoms with E-state index in [1.807, 2.05) is 7.05 Å². The van der Waals surface area contributed by atoms with Gasteiger partial charge in [-0.25, -0.2) is 4.39 Å². The second-order valence-electron chi connectivity index (χ2n) is 3.95. The summed E-state index contributed by atoms with van der Waals surface area (Å²) in [5, 5.41) is 12.7. The Kier molecular flexibility index (Phi) is 2.19. The van der Waals surface area contributed by atoms with Crippen LogP contribution in [0.4, 0.5) is 4.39 Å². The van der Waals surface area contributed by atoms with Gasteiger partial charge in [0, 0.05) is 5.54 Å². The summed E-state index contributed by atoms with van der Waals surface area (Å²) >= 11 is 0. The number of hydrogen-bond acceptors (Lipinski definition) is 2. The van der Waals surface area contributed by atoms with E-state index in [4.69, 9.17) is 0 Å². The molecule has 1 saturated carbocycles. The average molecular weight is 195 g/mol. The Morgan fingerprint density at radius 3 is 2.79 bits per heavy atom. The quantitative estimate of drug-likeness (QED) is 0.771. The Balaban J connectivity index is 2.21. The first-order valence-corrected chi connectivity index (χ1v) is 4.82. The molecular weight excluding hydrogens is 181 g/mol. The summed E-state index contributed by atoms with van der Waals surface area (Å²) in [6, 6.07) is 4.68. The Hall–Kier alpha value is -1.09. The molecule has 1 aromatic rings. The predicted octanol–water partition coefficient (Wildman–Crippen LogP) is 1.83. The molecule has 1 fully saturated rings. The first-order chi connectivity index (χ1) is 6.67. The molecule has 0 unspecified atom stereocenters. The number of phenols is 1. The highest BCUT2D eigenvalue weighted by Gasteiger charge is 2.41. The molecular formula is C11H14FNO. The lowest BCUT2D eigenvalue weighted by atomic mass is 10.0. The number of likely N-dealkylation sites (N-methyl/N-ethyl adjacent to an activating group) is 1. The molecule has 76 valence electrons. The van der Waals surface area contributed by atoms with Gasteiger partial charge in [-0.1, -0.05) is 12.1 Å². The zero-order chi connectivity index (χ0) is 10.2. The van der Waals surface area contributed by atoms with Crippen LogP contribution in [0.25, 0.3) is 0 Å². The van der Waals surface area contributed by atoms with Crippen molar-refractivity contribution in [3.8, 4) is 5.75 Å². The van der Waals surface area contributed by atoms with Gasteiger partial charge >= 0.3 is 0 Å². The normalized spacial score (nSPS) is 18.1. The van der Waals surface area contributed by atoms with Crippen molar-refractivity contribution in [2.75, 3.05) is 7.05 Å². The number of phenolic OH excluding ortho intramolecular Hbond substituents is 1. The lowest BCUT2D eigenvalue weighted by molar-refractivity contribution is 0.419. The van der Waals surface area contributed by atoms with E-state index < -0.39 is 5.82 Å². The van der Waals surface area contributed by atoms with Gasteiger partial charge in [-0.2, -0.15) is 0 Å². The van der Waals surface area contributed by atoms with Gasteiger partial charge < -0.3 is 10.4 Å². The predicted molar refractivity (Wildman–Crippen MR) is 52.8 cm³/mol. The van der Waals surface area contributed by atoms with Crippen LogP contribution in [-0.2, 0) is 6.42 Å². The summed E-state index contributed by atoms with van der Waals surface area (Å²) in [7, 11) is 1.91. The van der Waals surface area contributed by atoms with E-state index in [2.05, 4.69) is 5.32 Å². The number of para-hydroxylation sites is 1. The smallest absolute Gasteiger partial charge is 0.165 e. The van der Waals surface area contributed by atoms with Gasteiger partial charge in [-0.05, 0) is 37.9 Å². The molecule has 0 amide bonds. The van der Waals surface area contributed by atoms with Crippen LogP contribution in [0.2, 0.25) is 0 Å². The second-order valence-corrected chi connectivity index (χ2v) is 3.95. The van der Waals surface area contributed by atoms with Gasteiger partial charge in [0.05, 0.1) is 0 Å². The van der Waals surface area contributed by atoms with Crippen LogP contribution in [0.1, 0.15) is 18.4 Å². The highest BCUT2D eigenvalue weighted by Crippen LogP contribution is 2.40. The molecule has 1 aliphatic carbocycles. The molecule has 2 nitrogen and oxygen atoms in total. The summed E-state index contributed by atoms with van der Waals surface area (Å²) in [4.78, 5) is 0. The Morgan fingerprint density at radius 1 is 1.50 bits per heavy atom. The highest BCUT2D eigenvalue weighted by atomic mass is 19.1. The number of benzene rings is 1. The summed E-state index contributed by atoms with van der Waals surface area (Å²) < 4.78 is 13.0. The summed E-state index contributed by atoms with van der Waals surface area (Å²) in [6.45, 7) is 0. The van der Waals surface area contributed by atoms with E-state index in [1.165, 1.54) is 6.07 Å². The largest absolute Gasteiger partial charge is 0.505 e. The third kappa shape index (κ3) is 1.60. The van der Waals surface area contributed by atoms with E-state index in [9.17, 15) is 9.50 Å². The molecule has 0 radical (unpaired) electrons. The van der Waals surface area contributed by atoms with Crippen LogP contribution in [0, 0.1) is 5.82 Å². The Labute approximate surface area is 82.8 Å². The van der Waals surface area contributed by atoms with Crippen molar-refractivity contribution in [3.63, 3.8) is 0 Å². The van der Waals surface area contributed by atoms with Gasteiger partial charge in [0.2, 0.25) is 0 Å². The molecule has 0 atom stereocenters. The fraction of sp³-hybridized carbons (Fsp3) is 0.455. The molecule has 14 heavy (non-hydrogen) atoms. The van der Waals surface area contributed by atoms with Crippen LogP contribution >= 0.6 is 0 Å². The molecule has 1 aromatic carbocycles. The zero-order valence-electron chi connectivity index (χ0n) is 8.18. The second kappa shape index (κ2) is 3.24. The number of hydrogen-bond donors (Lipinski definition) is 2. The molecule has 0 aliphatic heterocycles. The molecule has 0 saturated heterocycles. The number of halogens is 1. The van der Waals surface area contributed by atoms with E-state index in [0.29, 0.717) is 12.0 Å². The van der Waals surface area contributed by atoms with Crippen molar-refractivity contribution in [1.29, 1.82) is 0 Å². The average Bonchev–Trinajstić information content (AvgIpc) is 2.94. The van der Waals surface area contributed by atoms with Gasteiger partial charge in [0.1, 0.15) is 0 Å². The number of aromatic hydroxyl groups is 1. The summed E-state index contributed by atoms with van der Waals surface area (Å²) in [6.07, 6.45) is 2.89. The van der Waals surface area contributed by atoms with Crippen molar-refractivity contribution in [2.24, 2.45) is 0 Å². The van der Waals surface area contributed by atoms with Crippen molar-refractivity contribution in [1.82, 2.24) is 5.32 Å². The van der Waals surface area contributed by atoms with Crippen molar-refractivity contribution >= 4 is 0 Å². The molecule has 1 aliphatic rings. The van der Waals surface area contributed by atoms with E-state index >= 15 is 0 Å². The third-order valence-electron chi connectivity index (χ3n) is 2.98. The number of rotatable bonds is 3. The third-order valence-corrected chi connectivity index (χ3v) is 2.98. The van der Waals surface area contributed by atoms with Gasteiger partial charge in [-0.15, -0.1) is 0 Å². The lowest BCUT2D eigenvalue weighted by Crippen LogP contribution is -2.29. The molecule has 0 heterocycles. The SMILES string of the molecule is CNC1(Cc2cccc(F)c2O)CC1. The van der Waals surface area contributed by atoms with Gasteiger partial charge in [0.15, 0.2) is 11.6 Å². The monoisotopic (exact) mass is 195 g/mol. The lowest BCUT2D eigenvalue weighted by Gasteiger charge is -2.14. The first kappa shape index (κ1) is 9.46. The van der Waals surface area contributed by atoms with E-state index in [-0.39, 0.29) is 11.3 Å². The van der Waals surface area contributed by atoms with Crippen LogP contribution in [0.15, 0.2) is 18.2 Å². The minimum atomic E-state index is -0.533. The molecule has 3 heteroatoms. The van der Waals surface area contributed by atoms with Crippen molar-refractivity contribution in [2.45, 2.75) is 24.8 Å². The van der Waals surface area contributed by atoms with Crippen LogP contribution < -0.4 is 5.32 Å². The highest BCUT2D eigenvalue weighted by molar-refractivity contribution is 5.36. The van der Waals surface area contributed by atoms with E-state index in [0.717, 1.165) is 12.8 Å². The zero-order valence-corrected chi connectivity index (χ0v) is 8.18. The van der Waals surface area contributed by atoms with Crippen molar-refractivity contribution in [3.05, 3.63) is 29.6 Å². The molecule has 0 spiro atoms. The minimum absolute atomic E-state index is 0.102. The van der Waals surface area contributed by atoms with Crippen LogP contribution in [-0.4, -0.2) is 17.7 Å². The molecule has 2 rings (SSSR count). The van der Waals surface area contributed by atoms with Crippen molar-refractivity contribution < 1.29 is 9.50 Å². The topological polar surface area (TPSA) is 32.3 Å². The standard InChI is InChI=1S/C11H14FNO/c1-13-11(5-6-11)7-8-3-2-4-9(12)10(8)14/h2-4,13-14H,5-7H2,1H3. The van der Waals surface area contributed by atoms with Crippen LogP contribution in [0.3, 0.4) is 0 Å². The molecule has 0 aromatic heterocycles. The fourth-order valence-corrected chi connectivity index (χ4v) is 1.73. The van der Waals surface area contributed by atoms with E-state index in [1.54, 1.807) is 12.1 Å². The fourth-order valence-electron chi connectivity index (χ4n) is 1.73. The minimum Gasteiger partial charge on any atom is -0.505 e. The summed E-state index contributed by atoms with van der Waals surface area (Å²) in [5.74, 6) is -0.733. The maximum Gasteiger partial charge on any atom is 0.165 e. The maximum absolute atomic E-state index is 13.0. The van der Waals surface area contributed by atoms with Crippen LogP contribution in [0.5, 0.6) is 5.75 Å². The Bertz CT molecular complexity index is 347. The first-order valence-electron chi connectivity index (χ1n) is 4.82. The maximum atomic E-state index is 13.0. The Morgan fingerprint density at radius 2 is 2.21 bits per heavy atom. The number of nitrogens with one attached hydrogen (secondary N) is 1. The van der Waals surface area contributed by atoms with Gasteiger partial charge in [0.25, 0.3) is 0 Å². The molecule has 2 N–H and O–H groups in total.